The van der Waals surface area contributed by atoms with Crippen LogP contribution in [0.2, 0.25) is 5.02 Å². The van der Waals surface area contributed by atoms with Gasteiger partial charge in [0.05, 0.1) is 17.6 Å². The minimum absolute atomic E-state index is 0.308. The van der Waals surface area contributed by atoms with Gasteiger partial charge in [-0.1, -0.05) is 11.6 Å². The van der Waals surface area contributed by atoms with Gasteiger partial charge in [0, 0.05) is 5.02 Å². The van der Waals surface area contributed by atoms with E-state index in [2.05, 4.69) is 4.72 Å². The minimum Gasteiger partial charge on any atom is -0.397 e. The molecule has 0 fully saturated rings. The summed E-state index contributed by atoms with van der Waals surface area (Å²) in [5.41, 5.74) is 7.09. The Morgan fingerprint density at radius 2 is 2.00 bits per heavy atom. The number of aryl methyl sites for hydroxylation is 1. The number of halogens is 1. The van der Waals surface area contributed by atoms with Crippen molar-refractivity contribution in [2.24, 2.45) is 0 Å². The highest BCUT2D eigenvalue weighted by Gasteiger charge is 2.07. The molecule has 0 bridgehead atoms. The van der Waals surface area contributed by atoms with Gasteiger partial charge in [0.15, 0.2) is 0 Å². The lowest BCUT2D eigenvalue weighted by Gasteiger charge is -2.09. The fraction of sp³-hybridized carbons (Fsp3) is 0.250. The van der Waals surface area contributed by atoms with Crippen LogP contribution in [0, 0.1) is 6.92 Å². The third kappa shape index (κ3) is 2.78. The number of hydrogen-bond acceptors (Lipinski definition) is 3. The van der Waals surface area contributed by atoms with Crippen molar-refractivity contribution in [2.45, 2.75) is 6.92 Å². The summed E-state index contributed by atoms with van der Waals surface area (Å²) in [5, 5.41) is 0.477. The van der Waals surface area contributed by atoms with E-state index < -0.39 is 10.0 Å². The van der Waals surface area contributed by atoms with E-state index in [0.717, 1.165) is 11.8 Å². The molecule has 0 aliphatic carbocycles. The van der Waals surface area contributed by atoms with Crippen molar-refractivity contribution in [3.05, 3.63) is 22.7 Å². The van der Waals surface area contributed by atoms with E-state index in [0.29, 0.717) is 16.4 Å². The molecule has 4 nitrogen and oxygen atoms in total. The average molecular weight is 235 g/mol. The van der Waals surface area contributed by atoms with Crippen LogP contribution in [0.15, 0.2) is 12.1 Å². The second kappa shape index (κ2) is 3.67. The molecule has 0 unspecified atom stereocenters. The lowest BCUT2D eigenvalue weighted by atomic mass is 10.2. The molecule has 0 spiro atoms. The van der Waals surface area contributed by atoms with Crippen LogP contribution < -0.4 is 10.5 Å². The largest absolute Gasteiger partial charge is 0.397 e. The summed E-state index contributed by atoms with van der Waals surface area (Å²) in [7, 11) is -3.32. The Kier molecular flexibility index (Phi) is 2.92. The Balaban J connectivity index is 3.17. The molecule has 78 valence electrons. The zero-order valence-corrected chi connectivity index (χ0v) is 9.41. The second-order valence-electron chi connectivity index (χ2n) is 3.06. The fourth-order valence-corrected chi connectivity index (χ4v) is 1.73. The third-order valence-electron chi connectivity index (χ3n) is 1.63. The molecule has 0 aliphatic rings. The number of nitrogens with one attached hydrogen (secondary N) is 1. The van der Waals surface area contributed by atoms with Crippen molar-refractivity contribution < 1.29 is 8.42 Å². The summed E-state index contributed by atoms with van der Waals surface area (Å²) in [5.74, 6) is 0. The Morgan fingerprint density at radius 3 is 2.50 bits per heavy atom. The van der Waals surface area contributed by atoms with Crippen molar-refractivity contribution in [1.82, 2.24) is 0 Å². The molecule has 0 aromatic heterocycles. The third-order valence-corrected chi connectivity index (χ3v) is 2.62. The van der Waals surface area contributed by atoms with Crippen LogP contribution in [0.1, 0.15) is 5.56 Å². The highest BCUT2D eigenvalue weighted by atomic mass is 35.5. The number of hydrogen-bond donors (Lipinski definition) is 2. The molecule has 14 heavy (non-hydrogen) atoms. The molecule has 0 saturated heterocycles. The Hall–Kier alpha value is -0.940. The number of sulfonamides is 1. The van der Waals surface area contributed by atoms with Gasteiger partial charge >= 0.3 is 0 Å². The fourth-order valence-electron chi connectivity index (χ4n) is 0.992. The first-order valence-corrected chi connectivity index (χ1v) is 6.10. The van der Waals surface area contributed by atoms with E-state index in [4.69, 9.17) is 17.3 Å². The second-order valence-corrected chi connectivity index (χ2v) is 5.22. The number of rotatable bonds is 2. The van der Waals surface area contributed by atoms with Gasteiger partial charge < -0.3 is 5.73 Å². The topological polar surface area (TPSA) is 72.2 Å². The van der Waals surface area contributed by atoms with Crippen LogP contribution in [0.25, 0.3) is 0 Å². The first-order valence-electron chi connectivity index (χ1n) is 3.83. The molecular weight excluding hydrogens is 224 g/mol. The van der Waals surface area contributed by atoms with E-state index in [9.17, 15) is 8.42 Å². The van der Waals surface area contributed by atoms with Crippen molar-refractivity contribution >= 4 is 33.0 Å². The van der Waals surface area contributed by atoms with Crippen LogP contribution >= 0.6 is 11.6 Å². The van der Waals surface area contributed by atoms with E-state index in [-0.39, 0.29) is 0 Å². The summed E-state index contributed by atoms with van der Waals surface area (Å²) < 4.78 is 24.2. The standard InChI is InChI=1S/C8H11ClN2O2S/c1-5-3-7(10)8(4-6(5)9)11-14(2,12)13/h3-4,11H,10H2,1-2H3. The highest BCUT2D eigenvalue weighted by Crippen LogP contribution is 2.27. The van der Waals surface area contributed by atoms with Gasteiger partial charge in [-0.05, 0) is 24.6 Å². The average Bonchev–Trinajstić information content (AvgIpc) is 1.97. The summed E-state index contributed by atoms with van der Waals surface area (Å²) in [6.45, 7) is 1.79. The van der Waals surface area contributed by atoms with Crippen LogP contribution in [0.5, 0.6) is 0 Å². The van der Waals surface area contributed by atoms with Gasteiger partial charge in [-0.15, -0.1) is 0 Å². The first kappa shape index (κ1) is 11.1. The number of nitrogen functional groups attached to an aromatic ring is 1. The van der Waals surface area contributed by atoms with E-state index in [1.54, 1.807) is 13.0 Å². The van der Waals surface area contributed by atoms with Crippen LogP contribution in [0.4, 0.5) is 11.4 Å². The summed E-state index contributed by atoms with van der Waals surface area (Å²) >= 11 is 5.82. The van der Waals surface area contributed by atoms with Gasteiger partial charge in [0.25, 0.3) is 0 Å². The summed E-state index contributed by atoms with van der Waals surface area (Å²) in [6, 6.07) is 3.11. The monoisotopic (exact) mass is 234 g/mol. The van der Waals surface area contributed by atoms with Crippen molar-refractivity contribution in [2.75, 3.05) is 16.7 Å². The molecule has 6 heteroatoms. The Labute approximate surface area is 88.1 Å². The first-order chi connectivity index (χ1) is 6.29. The van der Waals surface area contributed by atoms with Crippen LogP contribution in [-0.4, -0.2) is 14.7 Å². The maximum atomic E-state index is 10.9. The maximum Gasteiger partial charge on any atom is 0.229 e. The minimum atomic E-state index is -3.32. The molecule has 3 N–H and O–H groups in total. The molecule has 1 aromatic rings. The lowest BCUT2D eigenvalue weighted by Crippen LogP contribution is -2.11. The van der Waals surface area contributed by atoms with Gasteiger partial charge in [0.1, 0.15) is 0 Å². The smallest absolute Gasteiger partial charge is 0.229 e. The molecule has 0 aliphatic heterocycles. The zero-order valence-electron chi connectivity index (χ0n) is 7.83. The van der Waals surface area contributed by atoms with Gasteiger partial charge in [-0.3, -0.25) is 4.72 Å². The lowest BCUT2D eigenvalue weighted by molar-refractivity contribution is 0.607. The SMILES string of the molecule is Cc1cc(N)c(NS(C)(=O)=O)cc1Cl. The predicted molar refractivity (Wildman–Crippen MR) is 59.1 cm³/mol. The molecule has 0 atom stereocenters. The molecule has 0 heterocycles. The van der Waals surface area contributed by atoms with E-state index >= 15 is 0 Å². The predicted octanol–water partition coefficient (Wildman–Crippen LogP) is 1.60. The van der Waals surface area contributed by atoms with Crippen molar-refractivity contribution in [3.8, 4) is 0 Å². The molecule has 0 radical (unpaired) electrons. The van der Waals surface area contributed by atoms with E-state index in [1.165, 1.54) is 6.07 Å². The Bertz CT molecular complexity index is 457. The molecular formula is C8H11ClN2O2S. The molecule has 1 aromatic carbocycles. The molecule has 1 rings (SSSR count). The quantitative estimate of drug-likeness (QED) is 0.764. The zero-order chi connectivity index (χ0) is 10.9. The highest BCUT2D eigenvalue weighted by molar-refractivity contribution is 7.92. The molecule has 0 amide bonds. The van der Waals surface area contributed by atoms with Gasteiger partial charge in [-0.2, -0.15) is 0 Å². The van der Waals surface area contributed by atoms with Crippen molar-refractivity contribution in [1.29, 1.82) is 0 Å². The van der Waals surface area contributed by atoms with E-state index in [1.807, 2.05) is 0 Å². The molecule has 0 saturated carbocycles. The normalized spacial score (nSPS) is 11.4. The number of benzene rings is 1. The summed E-state index contributed by atoms with van der Waals surface area (Å²) in [4.78, 5) is 0. The van der Waals surface area contributed by atoms with Crippen LogP contribution in [-0.2, 0) is 10.0 Å². The van der Waals surface area contributed by atoms with Gasteiger partial charge in [-0.25, -0.2) is 8.42 Å². The Morgan fingerprint density at radius 1 is 1.43 bits per heavy atom. The summed E-state index contributed by atoms with van der Waals surface area (Å²) in [6.07, 6.45) is 1.06. The van der Waals surface area contributed by atoms with Crippen molar-refractivity contribution in [3.63, 3.8) is 0 Å². The van der Waals surface area contributed by atoms with Crippen LogP contribution in [0.3, 0.4) is 0 Å². The number of anilines is 2. The van der Waals surface area contributed by atoms with Gasteiger partial charge in [0.2, 0.25) is 10.0 Å². The maximum absolute atomic E-state index is 10.9. The number of nitrogens with two attached hydrogens (primary N) is 1.